The van der Waals surface area contributed by atoms with Crippen molar-refractivity contribution in [3.8, 4) is 0 Å². The van der Waals surface area contributed by atoms with Crippen LogP contribution in [-0.2, 0) is 24.3 Å². The molecular formula is C17H16N2O6S. The molecule has 1 amide bonds. The SMILES string of the molecule is O=C(O)C1COCCN1C(=O)CN1c2cccc3cccc(c23)S1(=O)=O. The van der Waals surface area contributed by atoms with E-state index in [4.69, 9.17) is 4.74 Å². The van der Waals surface area contributed by atoms with Crippen LogP contribution in [0.3, 0.4) is 0 Å². The third kappa shape index (κ3) is 2.43. The number of sulfonamides is 1. The monoisotopic (exact) mass is 376 g/mol. The first-order chi connectivity index (χ1) is 12.4. The Morgan fingerprint density at radius 1 is 1.19 bits per heavy atom. The molecule has 2 aliphatic heterocycles. The van der Waals surface area contributed by atoms with Gasteiger partial charge >= 0.3 is 5.97 Å². The summed E-state index contributed by atoms with van der Waals surface area (Å²) in [5.74, 6) is -1.73. The van der Waals surface area contributed by atoms with Gasteiger partial charge in [0.2, 0.25) is 5.91 Å². The number of nitrogens with zero attached hydrogens (tertiary/aromatic N) is 2. The van der Waals surface area contributed by atoms with Gasteiger partial charge in [0.15, 0.2) is 6.04 Å². The number of carbonyl (C=O) groups excluding carboxylic acids is 1. The minimum atomic E-state index is -3.86. The fourth-order valence-corrected chi connectivity index (χ4v) is 5.11. The summed E-state index contributed by atoms with van der Waals surface area (Å²) in [6.45, 7) is -0.220. The fraction of sp³-hybridized carbons (Fsp3) is 0.294. The molecule has 4 rings (SSSR count). The van der Waals surface area contributed by atoms with E-state index in [1.807, 2.05) is 12.1 Å². The third-order valence-electron chi connectivity index (χ3n) is 4.69. The summed E-state index contributed by atoms with van der Waals surface area (Å²) < 4.78 is 32.0. The molecule has 0 spiro atoms. The number of carboxylic acids is 1. The predicted molar refractivity (Wildman–Crippen MR) is 92.4 cm³/mol. The smallest absolute Gasteiger partial charge is 0.328 e. The van der Waals surface area contributed by atoms with Crippen molar-refractivity contribution in [1.82, 2.24) is 4.90 Å². The zero-order chi connectivity index (χ0) is 18.5. The second-order valence-electron chi connectivity index (χ2n) is 6.16. The van der Waals surface area contributed by atoms with Crippen molar-refractivity contribution in [2.45, 2.75) is 10.9 Å². The molecule has 0 radical (unpaired) electrons. The van der Waals surface area contributed by atoms with Crippen molar-refractivity contribution >= 4 is 38.4 Å². The van der Waals surface area contributed by atoms with Gasteiger partial charge in [0.05, 0.1) is 23.8 Å². The van der Waals surface area contributed by atoms with Gasteiger partial charge < -0.3 is 14.7 Å². The summed E-state index contributed by atoms with van der Waals surface area (Å²) in [6, 6.07) is 9.07. The van der Waals surface area contributed by atoms with Crippen LogP contribution in [0, 0.1) is 0 Å². The van der Waals surface area contributed by atoms with Gasteiger partial charge in [0.1, 0.15) is 6.54 Å². The highest BCUT2D eigenvalue weighted by Crippen LogP contribution is 2.41. The first kappa shape index (κ1) is 16.8. The number of carbonyl (C=O) groups is 2. The Morgan fingerprint density at radius 2 is 1.92 bits per heavy atom. The van der Waals surface area contributed by atoms with Crippen LogP contribution in [0.25, 0.3) is 10.8 Å². The van der Waals surface area contributed by atoms with E-state index in [9.17, 15) is 23.1 Å². The largest absolute Gasteiger partial charge is 0.480 e. The number of hydrogen-bond donors (Lipinski definition) is 1. The van der Waals surface area contributed by atoms with Crippen molar-refractivity contribution < 1.29 is 27.9 Å². The molecule has 2 aliphatic rings. The van der Waals surface area contributed by atoms with Crippen molar-refractivity contribution in [1.29, 1.82) is 0 Å². The number of carboxylic acid groups (broad SMARTS) is 1. The number of amides is 1. The molecule has 9 heteroatoms. The van der Waals surface area contributed by atoms with E-state index in [-0.39, 0.29) is 24.7 Å². The van der Waals surface area contributed by atoms with Gasteiger partial charge in [-0.05, 0) is 17.5 Å². The van der Waals surface area contributed by atoms with Crippen molar-refractivity contribution in [3.05, 3.63) is 36.4 Å². The van der Waals surface area contributed by atoms with Gasteiger partial charge in [0.25, 0.3) is 10.0 Å². The maximum absolute atomic E-state index is 12.9. The second kappa shape index (κ2) is 5.96. The lowest BCUT2D eigenvalue weighted by Crippen LogP contribution is -2.55. The van der Waals surface area contributed by atoms with Crippen molar-refractivity contribution in [2.75, 3.05) is 30.6 Å². The van der Waals surface area contributed by atoms with Gasteiger partial charge in [-0.15, -0.1) is 0 Å². The maximum Gasteiger partial charge on any atom is 0.328 e. The highest BCUT2D eigenvalue weighted by molar-refractivity contribution is 7.93. The maximum atomic E-state index is 12.9. The first-order valence-corrected chi connectivity index (χ1v) is 9.50. The van der Waals surface area contributed by atoms with E-state index in [1.165, 1.54) is 11.0 Å². The lowest BCUT2D eigenvalue weighted by molar-refractivity contribution is -0.157. The van der Waals surface area contributed by atoms with Crippen LogP contribution >= 0.6 is 0 Å². The van der Waals surface area contributed by atoms with Gasteiger partial charge in [-0.2, -0.15) is 0 Å². The molecule has 2 aromatic carbocycles. The molecule has 8 nitrogen and oxygen atoms in total. The average molecular weight is 376 g/mol. The molecule has 1 saturated heterocycles. The summed E-state index contributed by atoms with van der Waals surface area (Å²) in [4.78, 5) is 25.4. The van der Waals surface area contributed by atoms with Crippen LogP contribution in [-0.4, -0.2) is 62.6 Å². The van der Waals surface area contributed by atoms with Gasteiger partial charge in [0, 0.05) is 11.9 Å². The Kier molecular flexibility index (Phi) is 3.85. The quantitative estimate of drug-likeness (QED) is 0.844. The van der Waals surface area contributed by atoms with E-state index in [0.29, 0.717) is 11.1 Å². The Bertz CT molecular complexity index is 1010. The molecule has 1 unspecified atom stereocenters. The number of morpholine rings is 1. The Balaban J connectivity index is 1.70. The number of hydrogen-bond acceptors (Lipinski definition) is 5. The van der Waals surface area contributed by atoms with Crippen LogP contribution in [0.1, 0.15) is 0 Å². The molecular weight excluding hydrogens is 360 g/mol. The molecule has 136 valence electrons. The van der Waals surface area contributed by atoms with E-state index in [2.05, 4.69) is 0 Å². The number of benzene rings is 2. The highest BCUT2D eigenvalue weighted by Gasteiger charge is 2.39. The van der Waals surface area contributed by atoms with E-state index in [0.717, 1.165) is 9.69 Å². The molecule has 1 atom stereocenters. The summed E-state index contributed by atoms with van der Waals surface area (Å²) in [7, 11) is -3.86. The molecule has 1 fully saturated rings. The highest BCUT2D eigenvalue weighted by atomic mass is 32.2. The summed E-state index contributed by atoms with van der Waals surface area (Å²) in [6.07, 6.45) is 0. The Labute approximate surface area is 149 Å². The average Bonchev–Trinajstić information content (AvgIpc) is 2.85. The predicted octanol–water partition coefficient (Wildman–Crippen LogP) is 0.661. The van der Waals surface area contributed by atoms with Crippen molar-refractivity contribution in [2.24, 2.45) is 0 Å². The van der Waals surface area contributed by atoms with E-state index >= 15 is 0 Å². The zero-order valence-electron chi connectivity index (χ0n) is 13.7. The van der Waals surface area contributed by atoms with Crippen LogP contribution < -0.4 is 4.31 Å². The second-order valence-corrected chi connectivity index (χ2v) is 7.99. The molecule has 1 N–H and O–H groups in total. The van der Waals surface area contributed by atoms with Gasteiger partial charge in [-0.1, -0.05) is 24.3 Å². The first-order valence-electron chi connectivity index (χ1n) is 8.06. The lowest BCUT2D eigenvalue weighted by atomic mass is 10.1. The van der Waals surface area contributed by atoms with Gasteiger partial charge in [-0.25, -0.2) is 13.2 Å². The molecule has 0 aliphatic carbocycles. The lowest BCUT2D eigenvalue weighted by Gasteiger charge is -2.34. The number of ether oxygens (including phenoxy) is 1. The van der Waals surface area contributed by atoms with Crippen LogP contribution in [0.5, 0.6) is 0 Å². The van der Waals surface area contributed by atoms with E-state index < -0.39 is 34.5 Å². The van der Waals surface area contributed by atoms with Crippen molar-refractivity contribution in [3.63, 3.8) is 0 Å². The van der Waals surface area contributed by atoms with Gasteiger partial charge in [-0.3, -0.25) is 9.10 Å². The zero-order valence-corrected chi connectivity index (χ0v) is 14.5. The normalized spacial score (nSPS) is 21.2. The molecule has 26 heavy (non-hydrogen) atoms. The summed E-state index contributed by atoms with van der Waals surface area (Å²) in [5.41, 5.74) is 0.437. The number of rotatable bonds is 3. The van der Waals surface area contributed by atoms with Crippen LogP contribution in [0.4, 0.5) is 5.69 Å². The summed E-state index contributed by atoms with van der Waals surface area (Å²) >= 11 is 0. The number of aliphatic carboxylic acids is 1. The molecule has 2 heterocycles. The number of anilines is 1. The van der Waals surface area contributed by atoms with Crippen LogP contribution in [0.2, 0.25) is 0 Å². The molecule has 2 aromatic rings. The van der Waals surface area contributed by atoms with E-state index in [1.54, 1.807) is 18.2 Å². The topological polar surface area (TPSA) is 104 Å². The summed E-state index contributed by atoms with van der Waals surface area (Å²) in [5, 5.41) is 10.6. The standard InChI is InChI=1S/C17H16N2O6S/c20-15(18-7-8-25-10-13(18)17(21)22)9-19-12-5-1-3-11-4-2-6-14(16(11)12)26(19,23)24/h1-6,13H,7-10H2,(H,21,22). The minimum absolute atomic E-state index is 0.108. The minimum Gasteiger partial charge on any atom is -0.480 e. The molecule has 0 bridgehead atoms. The molecule has 0 saturated carbocycles. The van der Waals surface area contributed by atoms with Crippen LogP contribution in [0.15, 0.2) is 41.3 Å². The third-order valence-corrected chi connectivity index (χ3v) is 6.50. The Hall–Kier alpha value is -2.65. The fourth-order valence-electron chi connectivity index (χ4n) is 3.45. The molecule has 0 aromatic heterocycles. The Morgan fingerprint density at radius 3 is 2.65 bits per heavy atom.